The summed E-state index contributed by atoms with van der Waals surface area (Å²) in [7, 11) is 0. The Morgan fingerprint density at radius 2 is 2.05 bits per heavy atom. The Bertz CT molecular complexity index is 526. The van der Waals surface area contributed by atoms with Crippen molar-refractivity contribution in [1.82, 2.24) is 4.90 Å². The van der Waals surface area contributed by atoms with Crippen molar-refractivity contribution in [2.45, 2.75) is 31.7 Å². The summed E-state index contributed by atoms with van der Waals surface area (Å²) in [4.78, 5) is 25.4. The number of aromatic carboxylic acids is 1. The largest absolute Gasteiger partial charge is 0.478 e. The van der Waals surface area contributed by atoms with Crippen molar-refractivity contribution < 1.29 is 14.7 Å². The van der Waals surface area contributed by atoms with E-state index in [-0.39, 0.29) is 17.9 Å². The van der Waals surface area contributed by atoms with Gasteiger partial charge < -0.3 is 10.0 Å². The summed E-state index contributed by atoms with van der Waals surface area (Å²) in [5.74, 6) is -0.226. The normalized spacial score (nSPS) is 24.7. The average molecular weight is 259 g/mol. The van der Waals surface area contributed by atoms with Gasteiger partial charge in [0.25, 0.3) is 0 Å². The number of hydrogen-bond acceptors (Lipinski definition) is 2. The lowest BCUT2D eigenvalue weighted by molar-refractivity contribution is -0.132. The second-order valence-corrected chi connectivity index (χ2v) is 5.52. The van der Waals surface area contributed by atoms with Crippen LogP contribution in [-0.4, -0.2) is 34.5 Å². The highest BCUT2D eigenvalue weighted by atomic mass is 16.4. The van der Waals surface area contributed by atoms with Gasteiger partial charge in [0.05, 0.1) is 12.0 Å². The molecule has 2 atom stereocenters. The Balaban J connectivity index is 1.75. The number of rotatable bonds is 3. The zero-order valence-electron chi connectivity index (χ0n) is 10.7. The van der Waals surface area contributed by atoms with Crippen LogP contribution in [0.25, 0.3) is 0 Å². The van der Waals surface area contributed by atoms with Crippen LogP contribution in [0.5, 0.6) is 0 Å². The zero-order valence-corrected chi connectivity index (χ0v) is 10.7. The van der Waals surface area contributed by atoms with E-state index in [1.807, 2.05) is 4.90 Å². The molecule has 3 rings (SSSR count). The van der Waals surface area contributed by atoms with Gasteiger partial charge in [-0.2, -0.15) is 0 Å². The van der Waals surface area contributed by atoms with Crippen LogP contribution in [0.4, 0.5) is 0 Å². The second-order valence-electron chi connectivity index (χ2n) is 5.52. The van der Waals surface area contributed by atoms with Gasteiger partial charge in [0, 0.05) is 12.6 Å². The molecule has 2 unspecified atom stereocenters. The molecule has 1 aliphatic heterocycles. The van der Waals surface area contributed by atoms with Gasteiger partial charge in [0.1, 0.15) is 0 Å². The van der Waals surface area contributed by atoms with Crippen LogP contribution in [0, 0.1) is 5.92 Å². The summed E-state index contributed by atoms with van der Waals surface area (Å²) in [6.45, 7) is 0.860. The van der Waals surface area contributed by atoms with Crippen LogP contribution in [0.1, 0.15) is 35.2 Å². The molecule has 0 radical (unpaired) electrons. The lowest BCUT2D eigenvalue weighted by Gasteiger charge is -2.27. The van der Waals surface area contributed by atoms with E-state index in [0.29, 0.717) is 17.5 Å². The van der Waals surface area contributed by atoms with E-state index < -0.39 is 5.97 Å². The number of hydrogen-bond donors (Lipinski definition) is 1. The van der Waals surface area contributed by atoms with Crippen molar-refractivity contribution in [2.24, 2.45) is 5.92 Å². The third-order valence-electron chi connectivity index (χ3n) is 4.32. The molecule has 4 nitrogen and oxygen atoms in total. The summed E-state index contributed by atoms with van der Waals surface area (Å²) in [5, 5.41) is 9.12. The Labute approximate surface area is 112 Å². The predicted molar refractivity (Wildman–Crippen MR) is 69.9 cm³/mol. The fraction of sp³-hybridized carbons (Fsp3) is 0.467. The van der Waals surface area contributed by atoms with E-state index >= 15 is 0 Å². The molecule has 4 heteroatoms. The molecule has 1 heterocycles. The van der Waals surface area contributed by atoms with Gasteiger partial charge in [-0.15, -0.1) is 0 Å². The third kappa shape index (κ3) is 2.23. The smallest absolute Gasteiger partial charge is 0.335 e. The first kappa shape index (κ1) is 12.2. The van der Waals surface area contributed by atoms with E-state index in [2.05, 4.69) is 0 Å². The number of likely N-dealkylation sites (tertiary alicyclic amines) is 1. The molecule has 0 spiro atoms. The van der Waals surface area contributed by atoms with Crippen molar-refractivity contribution in [2.75, 3.05) is 6.54 Å². The first-order valence-electron chi connectivity index (χ1n) is 6.76. The molecule has 100 valence electrons. The van der Waals surface area contributed by atoms with Crippen LogP contribution in [0.3, 0.4) is 0 Å². The molecule has 1 aromatic rings. The quantitative estimate of drug-likeness (QED) is 0.902. The number of amides is 1. The van der Waals surface area contributed by atoms with E-state index in [1.165, 1.54) is 6.42 Å². The molecule has 2 bridgehead atoms. The van der Waals surface area contributed by atoms with Crippen molar-refractivity contribution in [1.29, 1.82) is 0 Å². The minimum atomic E-state index is -0.966. The lowest BCUT2D eigenvalue weighted by atomic mass is 10.0. The number of carboxylic acids is 1. The van der Waals surface area contributed by atoms with E-state index in [1.54, 1.807) is 24.3 Å². The van der Waals surface area contributed by atoms with Gasteiger partial charge in [0.2, 0.25) is 5.91 Å². The van der Waals surface area contributed by atoms with Gasteiger partial charge in [0.15, 0.2) is 0 Å². The number of fused-ring (bicyclic) bond motifs is 2. The van der Waals surface area contributed by atoms with Crippen molar-refractivity contribution in [3.05, 3.63) is 35.4 Å². The van der Waals surface area contributed by atoms with E-state index in [4.69, 9.17) is 5.11 Å². The minimum Gasteiger partial charge on any atom is -0.478 e. The van der Waals surface area contributed by atoms with Gasteiger partial charge in [-0.05, 0) is 36.8 Å². The second kappa shape index (κ2) is 4.68. The molecule has 2 aliphatic rings. The number of piperidine rings is 1. The minimum absolute atomic E-state index is 0.0703. The third-order valence-corrected chi connectivity index (χ3v) is 4.32. The maximum Gasteiger partial charge on any atom is 0.335 e. The molecular formula is C15H17NO3. The van der Waals surface area contributed by atoms with Crippen molar-refractivity contribution in [3.63, 3.8) is 0 Å². The highest BCUT2D eigenvalue weighted by molar-refractivity contribution is 5.91. The van der Waals surface area contributed by atoms with Gasteiger partial charge >= 0.3 is 5.97 Å². The molecule has 1 amide bonds. The van der Waals surface area contributed by atoms with Crippen LogP contribution in [0.2, 0.25) is 0 Å². The van der Waals surface area contributed by atoms with Crippen molar-refractivity contribution in [3.8, 4) is 0 Å². The summed E-state index contributed by atoms with van der Waals surface area (Å²) in [6.07, 6.45) is 3.68. The summed E-state index contributed by atoms with van der Waals surface area (Å²) in [5.41, 5.74) is 0.850. The molecule has 1 aromatic carbocycles. The number of carbonyl (C=O) groups excluding carboxylic acids is 1. The number of carboxylic acid groups (broad SMARTS) is 1. The number of carbonyl (C=O) groups is 2. The topological polar surface area (TPSA) is 57.6 Å². The Morgan fingerprint density at radius 3 is 2.68 bits per heavy atom. The Kier molecular flexibility index (Phi) is 3.01. The molecule has 0 aromatic heterocycles. The summed E-state index contributed by atoms with van der Waals surface area (Å²) < 4.78 is 0. The van der Waals surface area contributed by atoms with Gasteiger partial charge in [-0.3, -0.25) is 4.79 Å². The molecule has 1 saturated carbocycles. The Morgan fingerprint density at radius 1 is 1.26 bits per heavy atom. The van der Waals surface area contributed by atoms with Crippen molar-refractivity contribution >= 4 is 11.9 Å². The standard InChI is InChI=1S/C15H17NO3/c17-14(16-9-10-5-6-12(16)7-10)8-11-3-1-2-4-13(11)15(18)19/h1-4,10,12H,5-9H2,(H,18,19). The van der Waals surface area contributed by atoms with E-state index in [0.717, 1.165) is 19.4 Å². The number of nitrogens with zero attached hydrogens (tertiary/aromatic N) is 1. The average Bonchev–Trinajstić information content (AvgIpc) is 3.01. The van der Waals surface area contributed by atoms with Gasteiger partial charge in [-0.1, -0.05) is 18.2 Å². The summed E-state index contributed by atoms with van der Waals surface area (Å²) >= 11 is 0. The van der Waals surface area contributed by atoms with Crippen LogP contribution in [0.15, 0.2) is 24.3 Å². The predicted octanol–water partition coefficient (Wildman–Crippen LogP) is 1.94. The SMILES string of the molecule is O=C(O)c1ccccc1CC(=O)N1CC2CCC1C2. The van der Waals surface area contributed by atoms with Gasteiger partial charge in [-0.25, -0.2) is 4.79 Å². The maximum atomic E-state index is 12.3. The molecule has 1 N–H and O–H groups in total. The van der Waals surface area contributed by atoms with Crippen LogP contribution < -0.4 is 0 Å². The highest BCUT2D eigenvalue weighted by Gasteiger charge is 2.40. The number of benzene rings is 1. The summed E-state index contributed by atoms with van der Waals surface area (Å²) in [6, 6.07) is 7.16. The monoisotopic (exact) mass is 259 g/mol. The molecule has 19 heavy (non-hydrogen) atoms. The molecule has 1 saturated heterocycles. The van der Waals surface area contributed by atoms with Crippen LogP contribution in [-0.2, 0) is 11.2 Å². The molecular weight excluding hydrogens is 242 g/mol. The lowest BCUT2D eigenvalue weighted by Crippen LogP contribution is -2.38. The maximum absolute atomic E-state index is 12.3. The fourth-order valence-electron chi connectivity index (χ4n) is 3.38. The highest BCUT2D eigenvalue weighted by Crippen LogP contribution is 2.37. The first-order chi connectivity index (χ1) is 9.15. The van der Waals surface area contributed by atoms with Crippen LogP contribution >= 0.6 is 0 Å². The molecule has 1 aliphatic carbocycles. The first-order valence-corrected chi connectivity index (χ1v) is 6.76. The molecule has 2 fully saturated rings. The fourth-order valence-corrected chi connectivity index (χ4v) is 3.38. The van der Waals surface area contributed by atoms with E-state index in [9.17, 15) is 9.59 Å². The zero-order chi connectivity index (χ0) is 13.4. The Hall–Kier alpha value is -1.84.